The molecule has 3 rings (SSSR count). The van der Waals surface area contributed by atoms with Gasteiger partial charge in [-0.15, -0.1) is 0 Å². The molecule has 5 nitrogen and oxygen atoms in total. The Kier molecular flexibility index (Phi) is 6.68. The van der Waals surface area contributed by atoms with E-state index in [1.54, 1.807) is 12.1 Å². The van der Waals surface area contributed by atoms with Crippen LogP contribution in [-0.4, -0.2) is 22.8 Å². The molecule has 0 atom stereocenters. The number of nitrogens with one attached hydrogen (secondary N) is 2. The molecule has 2 aromatic rings. The summed E-state index contributed by atoms with van der Waals surface area (Å²) in [6, 6.07) is 9.59. The Balaban J connectivity index is 1.82. The number of para-hydroxylation sites is 1. The summed E-state index contributed by atoms with van der Waals surface area (Å²) >= 11 is 0. The number of hydrogen-bond acceptors (Lipinski definition) is 3. The lowest BCUT2D eigenvalue weighted by Crippen LogP contribution is -2.32. The Labute approximate surface area is 173 Å². The highest BCUT2D eigenvalue weighted by Gasteiger charge is 2.20. The fourth-order valence-corrected chi connectivity index (χ4v) is 3.91. The van der Waals surface area contributed by atoms with Crippen LogP contribution in [0.1, 0.15) is 97.2 Å². The van der Waals surface area contributed by atoms with Gasteiger partial charge in [0, 0.05) is 23.5 Å². The standard InChI is InChI=1S/C24H31N3O2/c1-15(2)19-10-7-11-20(16(3)4)22(19)27-24(29)21-14-17(12-13-25-21)23(28)26-18-8-5-6-9-18/h7,10-16,18H,5-6,8-9H2,1-4H3,(H,26,28)(H,27,29). The van der Waals surface area contributed by atoms with Crippen molar-refractivity contribution in [3.05, 3.63) is 58.9 Å². The van der Waals surface area contributed by atoms with Crippen LogP contribution in [0.5, 0.6) is 0 Å². The van der Waals surface area contributed by atoms with Gasteiger partial charge in [-0.25, -0.2) is 0 Å². The minimum atomic E-state index is -0.296. The smallest absolute Gasteiger partial charge is 0.274 e. The summed E-state index contributed by atoms with van der Waals surface area (Å²) < 4.78 is 0. The molecule has 1 aliphatic carbocycles. The Hall–Kier alpha value is -2.69. The summed E-state index contributed by atoms with van der Waals surface area (Å²) in [6.45, 7) is 8.45. The van der Waals surface area contributed by atoms with E-state index in [2.05, 4.69) is 43.3 Å². The van der Waals surface area contributed by atoms with Gasteiger partial charge in [0.1, 0.15) is 5.69 Å². The van der Waals surface area contributed by atoms with E-state index in [4.69, 9.17) is 0 Å². The average Bonchev–Trinajstić information content (AvgIpc) is 3.20. The van der Waals surface area contributed by atoms with Crippen LogP contribution in [-0.2, 0) is 0 Å². The van der Waals surface area contributed by atoms with Crippen molar-refractivity contribution in [3.63, 3.8) is 0 Å². The third kappa shape index (κ3) is 5.03. The van der Waals surface area contributed by atoms with E-state index >= 15 is 0 Å². The van der Waals surface area contributed by atoms with Gasteiger partial charge in [-0.1, -0.05) is 58.7 Å². The van der Waals surface area contributed by atoms with Gasteiger partial charge in [0.05, 0.1) is 0 Å². The van der Waals surface area contributed by atoms with Crippen molar-refractivity contribution in [2.45, 2.75) is 71.3 Å². The molecule has 0 aliphatic heterocycles. The molecule has 1 aromatic carbocycles. The lowest BCUT2D eigenvalue weighted by Gasteiger charge is -2.20. The van der Waals surface area contributed by atoms with Crippen molar-refractivity contribution in [3.8, 4) is 0 Å². The van der Waals surface area contributed by atoms with Crippen LogP contribution in [0.2, 0.25) is 0 Å². The second kappa shape index (κ2) is 9.21. The van der Waals surface area contributed by atoms with Crippen LogP contribution in [0.25, 0.3) is 0 Å². The number of aromatic nitrogens is 1. The zero-order valence-corrected chi connectivity index (χ0v) is 17.8. The van der Waals surface area contributed by atoms with Crippen LogP contribution < -0.4 is 10.6 Å². The van der Waals surface area contributed by atoms with Crippen molar-refractivity contribution in [2.24, 2.45) is 0 Å². The van der Waals surface area contributed by atoms with Crippen molar-refractivity contribution in [2.75, 3.05) is 5.32 Å². The molecule has 154 valence electrons. The molecule has 0 radical (unpaired) electrons. The molecule has 2 N–H and O–H groups in total. The number of rotatable bonds is 6. The van der Waals surface area contributed by atoms with E-state index in [1.165, 1.54) is 6.20 Å². The molecular formula is C24H31N3O2. The second-order valence-corrected chi connectivity index (χ2v) is 8.46. The molecule has 29 heavy (non-hydrogen) atoms. The molecule has 0 unspecified atom stereocenters. The number of carbonyl (C=O) groups is 2. The lowest BCUT2D eigenvalue weighted by atomic mass is 9.92. The van der Waals surface area contributed by atoms with Crippen molar-refractivity contribution >= 4 is 17.5 Å². The largest absolute Gasteiger partial charge is 0.349 e. The maximum Gasteiger partial charge on any atom is 0.274 e. The summed E-state index contributed by atoms with van der Waals surface area (Å²) in [5, 5.41) is 6.12. The third-order valence-corrected chi connectivity index (χ3v) is 5.56. The van der Waals surface area contributed by atoms with Gasteiger partial charge in [0.15, 0.2) is 0 Å². The fraction of sp³-hybridized carbons (Fsp3) is 0.458. The minimum absolute atomic E-state index is 0.140. The zero-order chi connectivity index (χ0) is 21.0. The van der Waals surface area contributed by atoms with Gasteiger partial charge in [-0.3, -0.25) is 14.6 Å². The fourth-order valence-electron chi connectivity index (χ4n) is 3.91. The van der Waals surface area contributed by atoms with E-state index in [0.29, 0.717) is 5.56 Å². The van der Waals surface area contributed by atoms with Gasteiger partial charge < -0.3 is 10.6 Å². The van der Waals surface area contributed by atoms with Crippen LogP contribution in [0.4, 0.5) is 5.69 Å². The Morgan fingerprint density at radius 1 is 0.966 bits per heavy atom. The molecule has 1 aromatic heterocycles. The second-order valence-electron chi connectivity index (χ2n) is 8.46. The first-order valence-corrected chi connectivity index (χ1v) is 10.6. The first-order valence-electron chi connectivity index (χ1n) is 10.6. The van der Waals surface area contributed by atoms with E-state index in [1.807, 2.05) is 18.2 Å². The number of anilines is 1. The molecule has 1 aliphatic rings. The number of amides is 2. The quantitative estimate of drug-likeness (QED) is 0.704. The van der Waals surface area contributed by atoms with Crippen LogP contribution in [0, 0.1) is 0 Å². The Morgan fingerprint density at radius 2 is 1.59 bits per heavy atom. The molecule has 1 heterocycles. The summed E-state index contributed by atoms with van der Waals surface area (Å²) in [7, 11) is 0. The summed E-state index contributed by atoms with van der Waals surface area (Å²) in [5.74, 6) is 0.121. The predicted octanol–water partition coefficient (Wildman–Crippen LogP) is 5.25. The van der Waals surface area contributed by atoms with E-state index < -0.39 is 0 Å². The maximum atomic E-state index is 13.0. The van der Waals surface area contributed by atoms with Crippen molar-refractivity contribution in [1.82, 2.24) is 10.3 Å². The van der Waals surface area contributed by atoms with Crippen molar-refractivity contribution < 1.29 is 9.59 Å². The molecule has 1 saturated carbocycles. The molecule has 0 spiro atoms. The first-order chi connectivity index (χ1) is 13.9. The highest BCUT2D eigenvalue weighted by molar-refractivity contribution is 6.05. The molecular weight excluding hydrogens is 362 g/mol. The van der Waals surface area contributed by atoms with Gasteiger partial charge in [-0.2, -0.15) is 0 Å². The molecule has 5 heteroatoms. The van der Waals surface area contributed by atoms with E-state index in [0.717, 1.165) is 42.5 Å². The van der Waals surface area contributed by atoms with Crippen LogP contribution in [0.3, 0.4) is 0 Å². The SMILES string of the molecule is CC(C)c1cccc(C(C)C)c1NC(=O)c1cc(C(=O)NC2CCCC2)ccn1. The zero-order valence-electron chi connectivity index (χ0n) is 17.8. The first kappa shape index (κ1) is 21.0. The van der Waals surface area contributed by atoms with E-state index in [9.17, 15) is 9.59 Å². The number of hydrogen-bond donors (Lipinski definition) is 2. The Bertz CT molecular complexity index is 857. The number of pyridine rings is 1. The van der Waals surface area contributed by atoms with E-state index in [-0.39, 0.29) is 35.4 Å². The summed E-state index contributed by atoms with van der Waals surface area (Å²) in [5.41, 5.74) is 3.76. The highest BCUT2D eigenvalue weighted by atomic mass is 16.2. The highest BCUT2D eigenvalue weighted by Crippen LogP contribution is 2.32. The monoisotopic (exact) mass is 393 g/mol. The summed E-state index contributed by atoms with van der Waals surface area (Å²) in [4.78, 5) is 29.7. The number of nitrogens with zero attached hydrogens (tertiary/aromatic N) is 1. The predicted molar refractivity (Wildman–Crippen MR) is 117 cm³/mol. The van der Waals surface area contributed by atoms with Crippen LogP contribution in [0.15, 0.2) is 36.5 Å². The lowest BCUT2D eigenvalue weighted by molar-refractivity contribution is 0.0937. The molecule has 0 saturated heterocycles. The molecule has 1 fully saturated rings. The van der Waals surface area contributed by atoms with Gasteiger partial charge in [0.25, 0.3) is 11.8 Å². The number of benzene rings is 1. The topological polar surface area (TPSA) is 71.1 Å². The van der Waals surface area contributed by atoms with Gasteiger partial charge in [-0.05, 0) is 47.9 Å². The minimum Gasteiger partial charge on any atom is -0.349 e. The third-order valence-electron chi connectivity index (χ3n) is 5.56. The summed E-state index contributed by atoms with van der Waals surface area (Å²) in [6.07, 6.45) is 5.88. The van der Waals surface area contributed by atoms with Crippen molar-refractivity contribution in [1.29, 1.82) is 0 Å². The molecule has 2 amide bonds. The van der Waals surface area contributed by atoms with Crippen LogP contribution >= 0.6 is 0 Å². The normalized spacial score (nSPS) is 14.4. The maximum absolute atomic E-state index is 13.0. The molecule has 0 bridgehead atoms. The van der Waals surface area contributed by atoms with Gasteiger partial charge in [0.2, 0.25) is 0 Å². The number of carbonyl (C=O) groups excluding carboxylic acids is 2. The Morgan fingerprint density at radius 3 is 2.17 bits per heavy atom. The van der Waals surface area contributed by atoms with Gasteiger partial charge >= 0.3 is 0 Å². The average molecular weight is 394 g/mol.